The second-order valence-corrected chi connectivity index (χ2v) is 27.6. The summed E-state index contributed by atoms with van der Waals surface area (Å²) in [6.07, 6.45) is 20.6. The average Bonchev–Trinajstić information content (AvgIpc) is 1.57. The molecule has 0 saturated carbocycles. The standard InChI is InChI=1S/3C30H22N4O4/c3*1-31-15-7-9-19(17-31)29(37)33-23-13-5-3-11-21(23)27(35)25(33)26-28(36)22-12-4-6-14-24(22)34(26)30(38)20-10-8-16-32(2)18-20/h3*3-18H,1-2H3/q3*+2/b3*26-25+. The molecule has 0 spiro atoms. The Morgan fingerprint density at radius 1 is 0.193 bits per heavy atom. The van der Waals surface area contributed by atoms with Crippen LogP contribution >= 0.6 is 0 Å². The number of para-hydroxylation sites is 6. The van der Waals surface area contributed by atoms with Gasteiger partial charge in [-0.2, -0.15) is 0 Å². The normalized spacial score (nSPS) is 16.1. The van der Waals surface area contributed by atoms with Crippen LogP contribution in [0.25, 0.3) is 0 Å². The van der Waals surface area contributed by atoms with Crippen molar-refractivity contribution >= 4 is 104 Å². The molecule has 0 saturated heterocycles. The Balaban J connectivity index is 0.000000129. The molecule has 0 atom stereocenters. The second-order valence-electron chi connectivity index (χ2n) is 27.6. The smallest absolute Gasteiger partial charge is 0.269 e. The van der Waals surface area contributed by atoms with E-state index in [-0.39, 0.29) is 67.6 Å². The van der Waals surface area contributed by atoms with Gasteiger partial charge in [-0.25, -0.2) is 27.4 Å². The number of hydrogen-bond donors (Lipinski definition) is 0. The number of pyridine rings is 6. The maximum Gasteiger partial charge on any atom is 0.269 e. The molecule has 6 aromatic heterocycles. The number of carbonyl (C=O) groups is 12. The van der Waals surface area contributed by atoms with E-state index < -0.39 is 70.1 Å². The Labute approximate surface area is 651 Å². The van der Waals surface area contributed by atoms with E-state index in [0.717, 1.165) is 0 Å². The fourth-order valence-corrected chi connectivity index (χ4v) is 14.9. The molecule has 6 amide bonds. The van der Waals surface area contributed by atoms with Crippen molar-refractivity contribution in [3.63, 3.8) is 0 Å². The topological polar surface area (TPSA) is 248 Å². The van der Waals surface area contributed by atoms with Gasteiger partial charge in [0.1, 0.15) is 110 Å². The van der Waals surface area contributed by atoms with Crippen LogP contribution in [0.15, 0.2) is 327 Å². The Bertz CT molecular complexity index is 5450. The largest absolute Gasteiger partial charge is 0.287 e. The minimum Gasteiger partial charge on any atom is -0.287 e. The van der Waals surface area contributed by atoms with E-state index >= 15 is 0 Å². The second kappa shape index (κ2) is 29.0. The summed E-state index contributed by atoms with van der Waals surface area (Å²) in [5, 5.41) is 0. The molecule has 552 valence electrons. The van der Waals surface area contributed by atoms with Gasteiger partial charge in [-0.15, -0.1) is 0 Å². The lowest BCUT2D eigenvalue weighted by Crippen LogP contribution is -2.38. The summed E-state index contributed by atoms with van der Waals surface area (Å²) in [4.78, 5) is 175. The molecule has 114 heavy (non-hydrogen) atoms. The first-order valence-electron chi connectivity index (χ1n) is 35.9. The van der Waals surface area contributed by atoms with Gasteiger partial charge in [0, 0.05) is 69.8 Å². The highest BCUT2D eigenvalue weighted by Crippen LogP contribution is 2.48. The molecule has 6 aromatic carbocycles. The number of allylic oxidation sites excluding steroid dienone is 6. The lowest BCUT2D eigenvalue weighted by Gasteiger charge is -2.24. The molecule has 0 bridgehead atoms. The molecule has 18 rings (SSSR count). The molecule has 12 aromatic rings. The van der Waals surface area contributed by atoms with Crippen LogP contribution in [0.4, 0.5) is 34.1 Å². The van der Waals surface area contributed by atoms with Crippen molar-refractivity contribution in [3.05, 3.63) is 394 Å². The maximum atomic E-state index is 14.0. The van der Waals surface area contributed by atoms with Crippen LogP contribution in [0.2, 0.25) is 0 Å². The monoisotopic (exact) mass is 1510 g/mol. The quantitative estimate of drug-likeness (QED) is 0.112. The van der Waals surface area contributed by atoms with Crippen LogP contribution in [-0.2, 0) is 42.3 Å². The van der Waals surface area contributed by atoms with E-state index in [4.69, 9.17) is 0 Å². The van der Waals surface area contributed by atoms with Gasteiger partial charge < -0.3 is 0 Å². The van der Waals surface area contributed by atoms with Crippen LogP contribution < -0.4 is 56.8 Å². The first-order chi connectivity index (χ1) is 55.1. The van der Waals surface area contributed by atoms with Crippen molar-refractivity contribution in [2.24, 2.45) is 42.3 Å². The highest BCUT2D eigenvalue weighted by atomic mass is 16.2. The highest BCUT2D eigenvalue weighted by molar-refractivity contribution is 6.39. The molecule has 24 heteroatoms. The van der Waals surface area contributed by atoms with E-state index in [1.807, 2.05) is 0 Å². The van der Waals surface area contributed by atoms with Crippen LogP contribution in [0.1, 0.15) is 124 Å². The van der Waals surface area contributed by atoms with Gasteiger partial charge in [0.15, 0.2) is 74.4 Å². The van der Waals surface area contributed by atoms with Crippen molar-refractivity contribution in [2.45, 2.75) is 0 Å². The highest BCUT2D eigenvalue weighted by Gasteiger charge is 2.51. The van der Waals surface area contributed by atoms with Gasteiger partial charge in [-0.1, -0.05) is 72.8 Å². The number of amides is 6. The third-order valence-electron chi connectivity index (χ3n) is 20.0. The Morgan fingerprint density at radius 3 is 0.456 bits per heavy atom. The summed E-state index contributed by atoms with van der Waals surface area (Å²) in [6.45, 7) is 0. The summed E-state index contributed by atoms with van der Waals surface area (Å²) >= 11 is 0. The average molecular weight is 1510 g/mol. The summed E-state index contributed by atoms with van der Waals surface area (Å²) < 4.78 is 10.4. The number of hydrogen-bond acceptors (Lipinski definition) is 12. The van der Waals surface area contributed by atoms with Gasteiger partial charge in [0.25, 0.3) is 35.4 Å². The van der Waals surface area contributed by atoms with Gasteiger partial charge in [-0.05, 0) is 109 Å². The summed E-state index contributed by atoms with van der Waals surface area (Å²) in [6, 6.07) is 60.5. The number of fused-ring (bicyclic) bond motifs is 6. The molecule has 24 nitrogen and oxygen atoms in total. The Morgan fingerprint density at radius 2 is 0.325 bits per heavy atom. The molecule has 0 aliphatic carbocycles. The lowest BCUT2D eigenvalue weighted by molar-refractivity contribution is -0.671. The first kappa shape index (κ1) is 72.5. The first-order valence-corrected chi connectivity index (χ1v) is 35.9. The van der Waals surface area contributed by atoms with Gasteiger partial charge in [-0.3, -0.25) is 86.9 Å². The number of carbonyl (C=O) groups excluding carboxylic acids is 12. The number of aryl methyl sites for hydroxylation is 6. The molecule has 0 N–H and O–H groups in total. The Kier molecular flexibility index (Phi) is 18.4. The third-order valence-corrected chi connectivity index (χ3v) is 20.0. The third kappa shape index (κ3) is 12.3. The number of nitrogens with zero attached hydrogens (tertiary/aromatic N) is 12. The van der Waals surface area contributed by atoms with E-state index in [1.165, 1.54) is 29.4 Å². The lowest BCUT2D eigenvalue weighted by atomic mass is 10.1. The zero-order chi connectivity index (χ0) is 79.7. The molecule has 0 unspecified atom stereocenters. The van der Waals surface area contributed by atoms with Gasteiger partial charge in [0.2, 0.25) is 34.7 Å². The van der Waals surface area contributed by atoms with Crippen molar-refractivity contribution in [1.29, 1.82) is 0 Å². The SMILES string of the molecule is C[n+]1cccc(C(=O)N2/C(=C3\C(=O)c4ccccc4N3C(=O)c3ccc[n+](C)c3)C(=O)c3ccccc32)c1.C[n+]1cccc(C(=O)N2/C(=C3\C(=O)c4ccccc4N3C(=O)c3ccc[n+](C)c3)C(=O)c3ccccc32)c1.C[n+]1cccc(C(=O)N2/C(=C3\C(=O)c4ccccc4N3C(=O)c3ccc[n+](C)c3)C(=O)c3ccccc32)c1. The fraction of sp³-hybridized carbons (Fsp3) is 0.0667. The number of anilines is 6. The fourth-order valence-electron chi connectivity index (χ4n) is 14.9. The minimum absolute atomic E-state index is 0.141. The molecule has 12 heterocycles. The summed E-state index contributed by atoms with van der Waals surface area (Å²) in [5.41, 5.74) is 4.98. The molecule has 0 fully saturated rings. The maximum absolute atomic E-state index is 14.0. The van der Waals surface area contributed by atoms with Crippen LogP contribution in [0, 0.1) is 0 Å². The predicted octanol–water partition coefficient (Wildman–Crippen LogP) is 8.80. The zero-order valence-electron chi connectivity index (χ0n) is 62.0. The molecule has 0 radical (unpaired) electrons. The number of rotatable bonds is 6. The van der Waals surface area contributed by atoms with Crippen molar-refractivity contribution in [1.82, 2.24) is 0 Å². The number of ketones is 6. The van der Waals surface area contributed by atoms with Crippen molar-refractivity contribution < 1.29 is 84.9 Å². The molecule has 6 aliphatic rings. The molecular weight excluding hydrogens is 1440 g/mol. The minimum atomic E-state index is -0.498. The molecule has 6 aliphatic heterocycles. The number of benzene rings is 6. The van der Waals surface area contributed by atoms with E-state index in [0.29, 0.717) is 67.5 Å². The van der Waals surface area contributed by atoms with Crippen LogP contribution in [-0.4, -0.2) is 70.1 Å². The van der Waals surface area contributed by atoms with Crippen LogP contribution in [0.3, 0.4) is 0 Å². The zero-order valence-corrected chi connectivity index (χ0v) is 62.0. The number of Topliss-reactive ketones (excluding diaryl/α,β-unsaturated/α-hetero) is 6. The summed E-state index contributed by atoms with van der Waals surface area (Å²) in [5.74, 6) is -5.88. The van der Waals surface area contributed by atoms with Gasteiger partial charge in [0.05, 0.1) is 34.1 Å². The Hall–Kier alpha value is -15.7. The van der Waals surface area contributed by atoms with Crippen LogP contribution in [0.5, 0.6) is 0 Å². The van der Waals surface area contributed by atoms with Gasteiger partial charge >= 0.3 is 0 Å². The predicted molar refractivity (Wildman–Crippen MR) is 412 cm³/mol. The van der Waals surface area contributed by atoms with E-state index in [2.05, 4.69) is 0 Å². The summed E-state index contributed by atoms with van der Waals surface area (Å²) in [7, 11) is 10.7. The van der Waals surface area contributed by atoms with E-state index in [9.17, 15) is 57.5 Å². The van der Waals surface area contributed by atoms with Crippen molar-refractivity contribution in [3.8, 4) is 0 Å². The van der Waals surface area contributed by atoms with Crippen molar-refractivity contribution in [2.75, 3.05) is 29.4 Å². The van der Waals surface area contributed by atoms with E-state index in [1.54, 1.807) is 362 Å². The molecular formula is C90H66N12O12+6. The number of aromatic nitrogens is 6.